The summed E-state index contributed by atoms with van der Waals surface area (Å²) in [6, 6.07) is 4.39. The Balaban J connectivity index is 1.92. The lowest BCUT2D eigenvalue weighted by Gasteiger charge is -2.16. The third kappa shape index (κ3) is 1.93. The lowest BCUT2D eigenvalue weighted by Crippen LogP contribution is -2.27. The highest BCUT2D eigenvalue weighted by atomic mass is 16.3. The zero-order valence-electron chi connectivity index (χ0n) is 13.2. The van der Waals surface area contributed by atoms with Crippen LogP contribution in [0.1, 0.15) is 48.3 Å². The van der Waals surface area contributed by atoms with E-state index in [2.05, 4.69) is 26.0 Å². The minimum atomic E-state index is -0.0532. The predicted octanol–water partition coefficient (Wildman–Crippen LogP) is 3.31. The van der Waals surface area contributed by atoms with Gasteiger partial charge in [0.2, 0.25) is 5.88 Å². The normalized spacial score (nSPS) is 17.5. The Morgan fingerprint density at radius 1 is 1.00 bits per heavy atom. The monoisotopic (exact) mass is 298 g/mol. The third-order valence-electron chi connectivity index (χ3n) is 5.05. The molecule has 22 heavy (non-hydrogen) atoms. The molecule has 4 nitrogen and oxygen atoms in total. The molecule has 1 aromatic carbocycles. The van der Waals surface area contributed by atoms with Crippen LogP contribution in [0.5, 0.6) is 5.88 Å². The van der Waals surface area contributed by atoms with Gasteiger partial charge in [-0.1, -0.05) is 12.1 Å². The van der Waals surface area contributed by atoms with Crippen molar-refractivity contribution in [1.82, 2.24) is 9.36 Å². The second kappa shape index (κ2) is 4.77. The van der Waals surface area contributed by atoms with Crippen molar-refractivity contribution in [2.75, 3.05) is 0 Å². The van der Waals surface area contributed by atoms with E-state index in [0.29, 0.717) is 18.0 Å². The van der Waals surface area contributed by atoms with Gasteiger partial charge in [0.15, 0.2) is 0 Å². The summed E-state index contributed by atoms with van der Waals surface area (Å²) >= 11 is 0. The van der Waals surface area contributed by atoms with Crippen LogP contribution in [0, 0.1) is 13.8 Å². The lowest BCUT2D eigenvalue weighted by atomic mass is 9.93. The molecule has 0 radical (unpaired) electrons. The summed E-state index contributed by atoms with van der Waals surface area (Å²) in [4.78, 5) is 12.8. The molecular formula is C18H22N2O2. The summed E-state index contributed by atoms with van der Waals surface area (Å²) < 4.78 is 3.44. The van der Waals surface area contributed by atoms with Crippen molar-refractivity contribution < 1.29 is 5.11 Å². The predicted molar refractivity (Wildman–Crippen MR) is 86.5 cm³/mol. The van der Waals surface area contributed by atoms with Crippen LogP contribution in [0.2, 0.25) is 0 Å². The number of aromatic hydroxyl groups is 1. The lowest BCUT2D eigenvalue weighted by molar-refractivity contribution is 0.305. The standard InChI is InChI=1S/C18H22N2O2/c1-11-9-14(13-5-6-13)10-12(2)15(11)16-17(21)19-7-3-4-8-20(19)18(16)22/h9-10,13,21H,3-8H2,1-2H3. The summed E-state index contributed by atoms with van der Waals surface area (Å²) in [7, 11) is 0. The molecular weight excluding hydrogens is 276 g/mol. The zero-order chi connectivity index (χ0) is 15.4. The van der Waals surface area contributed by atoms with E-state index in [-0.39, 0.29) is 11.4 Å². The number of hydrogen-bond acceptors (Lipinski definition) is 2. The molecule has 0 saturated heterocycles. The van der Waals surface area contributed by atoms with Crippen molar-refractivity contribution in [3.05, 3.63) is 39.2 Å². The van der Waals surface area contributed by atoms with E-state index in [1.807, 2.05) is 0 Å². The second-order valence-corrected chi connectivity index (χ2v) is 6.76. The topological polar surface area (TPSA) is 47.2 Å². The number of aromatic nitrogens is 2. The van der Waals surface area contributed by atoms with E-state index in [0.717, 1.165) is 36.1 Å². The van der Waals surface area contributed by atoms with Crippen molar-refractivity contribution in [2.24, 2.45) is 0 Å². The fraction of sp³-hybridized carbons (Fsp3) is 0.500. The zero-order valence-corrected chi connectivity index (χ0v) is 13.2. The molecule has 4 heteroatoms. The van der Waals surface area contributed by atoms with Crippen molar-refractivity contribution in [3.63, 3.8) is 0 Å². The van der Waals surface area contributed by atoms with E-state index in [1.165, 1.54) is 18.4 Å². The molecule has 1 aromatic heterocycles. The smallest absolute Gasteiger partial charge is 0.278 e. The molecule has 0 bridgehead atoms. The largest absolute Gasteiger partial charge is 0.493 e. The van der Waals surface area contributed by atoms with Gasteiger partial charge in [-0.25, -0.2) is 4.68 Å². The van der Waals surface area contributed by atoms with Gasteiger partial charge in [-0.15, -0.1) is 0 Å². The molecule has 2 heterocycles. The number of nitrogens with zero attached hydrogens (tertiary/aromatic N) is 2. The van der Waals surface area contributed by atoms with Crippen LogP contribution in [0.3, 0.4) is 0 Å². The summed E-state index contributed by atoms with van der Waals surface area (Å²) in [6.07, 6.45) is 4.56. The highest BCUT2D eigenvalue weighted by Gasteiger charge is 2.28. The Kier molecular flexibility index (Phi) is 2.96. The van der Waals surface area contributed by atoms with Gasteiger partial charge in [0.05, 0.1) is 0 Å². The highest BCUT2D eigenvalue weighted by Crippen LogP contribution is 2.43. The van der Waals surface area contributed by atoms with Crippen LogP contribution < -0.4 is 5.56 Å². The first-order valence-electron chi connectivity index (χ1n) is 8.22. The number of rotatable bonds is 2. The fourth-order valence-electron chi connectivity index (χ4n) is 3.81. The number of benzene rings is 1. The SMILES string of the molecule is Cc1cc(C2CC2)cc(C)c1-c1c(O)n2n(c1=O)CCCC2. The molecule has 0 spiro atoms. The molecule has 1 saturated carbocycles. The Hall–Kier alpha value is -1.97. The van der Waals surface area contributed by atoms with E-state index < -0.39 is 0 Å². The fourth-order valence-corrected chi connectivity index (χ4v) is 3.81. The van der Waals surface area contributed by atoms with E-state index >= 15 is 0 Å². The first-order valence-corrected chi connectivity index (χ1v) is 8.22. The maximum absolute atomic E-state index is 12.8. The van der Waals surface area contributed by atoms with Crippen LogP contribution in [0.15, 0.2) is 16.9 Å². The van der Waals surface area contributed by atoms with Gasteiger partial charge in [0, 0.05) is 13.1 Å². The average Bonchev–Trinajstić information content (AvgIpc) is 3.31. The minimum absolute atomic E-state index is 0.0532. The summed E-state index contributed by atoms with van der Waals surface area (Å²) in [6.45, 7) is 5.52. The molecule has 0 atom stereocenters. The Morgan fingerprint density at radius 2 is 1.59 bits per heavy atom. The van der Waals surface area contributed by atoms with Gasteiger partial charge >= 0.3 is 0 Å². The van der Waals surface area contributed by atoms with Crippen LogP contribution >= 0.6 is 0 Å². The van der Waals surface area contributed by atoms with Crippen LogP contribution in [0.25, 0.3) is 11.1 Å². The Labute approximate surface area is 130 Å². The average molecular weight is 298 g/mol. The van der Waals surface area contributed by atoms with Crippen LogP contribution in [-0.4, -0.2) is 14.5 Å². The third-order valence-corrected chi connectivity index (χ3v) is 5.05. The van der Waals surface area contributed by atoms with Gasteiger partial charge < -0.3 is 5.11 Å². The van der Waals surface area contributed by atoms with Crippen molar-refractivity contribution >= 4 is 0 Å². The molecule has 0 amide bonds. The molecule has 2 aromatic rings. The maximum Gasteiger partial charge on any atom is 0.278 e. The molecule has 0 unspecified atom stereocenters. The molecule has 4 rings (SSSR count). The van der Waals surface area contributed by atoms with Crippen molar-refractivity contribution in [2.45, 2.75) is 58.5 Å². The first kappa shape index (κ1) is 13.7. The number of fused-ring (bicyclic) bond motifs is 1. The number of aryl methyl sites for hydroxylation is 2. The van der Waals surface area contributed by atoms with E-state index in [4.69, 9.17) is 0 Å². The van der Waals surface area contributed by atoms with Crippen LogP contribution in [0.4, 0.5) is 0 Å². The van der Waals surface area contributed by atoms with Gasteiger partial charge in [-0.05, 0) is 67.7 Å². The Morgan fingerprint density at radius 3 is 2.14 bits per heavy atom. The highest BCUT2D eigenvalue weighted by molar-refractivity contribution is 5.75. The maximum atomic E-state index is 12.8. The first-order chi connectivity index (χ1) is 10.6. The van der Waals surface area contributed by atoms with Gasteiger partial charge in [0.1, 0.15) is 5.56 Å². The molecule has 1 fully saturated rings. The molecule has 1 N–H and O–H groups in total. The van der Waals surface area contributed by atoms with Gasteiger partial charge in [-0.3, -0.25) is 9.48 Å². The van der Waals surface area contributed by atoms with E-state index in [9.17, 15) is 9.90 Å². The quantitative estimate of drug-likeness (QED) is 0.924. The van der Waals surface area contributed by atoms with Crippen molar-refractivity contribution in [3.8, 4) is 17.0 Å². The summed E-state index contributed by atoms with van der Waals surface area (Å²) in [5.74, 6) is 0.832. The summed E-state index contributed by atoms with van der Waals surface area (Å²) in [5, 5.41) is 10.6. The molecule has 1 aliphatic carbocycles. The Bertz CT molecular complexity index is 786. The minimum Gasteiger partial charge on any atom is -0.493 e. The van der Waals surface area contributed by atoms with Gasteiger partial charge in [0.25, 0.3) is 5.56 Å². The van der Waals surface area contributed by atoms with Crippen LogP contribution in [-0.2, 0) is 13.1 Å². The number of hydrogen-bond donors (Lipinski definition) is 1. The molecule has 1 aliphatic heterocycles. The van der Waals surface area contributed by atoms with Crippen molar-refractivity contribution in [1.29, 1.82) is 0 Å². The molecule has 2 aliphatic rings. The van der Waals surface area contributed by atoms with E-state index in [1.54, 1.807) is 9.36 Å². The van der Waals surface area contributed by atoms with Gasteiger partial charge in [-0.2, -0.15) is 0 Å². The second-order valence-electron chi connectivity index (χ2n) is 6.76. The summed E-state index contributed by atoms with van der Waals surface area (Å²) in [5.41, 5.74) is 4.92. The molecule has 116 valence electrons.